The molecular weight excluding hydrogens is 348 g/mol. The van der Waals surface area contributed by atoms with Crippen molar-refractivity contribution < 1.29 is 5.11 Å². The lowest BCUT2D eigenvalue weighted by molar-refractivity contribution is 0.0662. The topological polar surface area (TPSA) is 36.4 Å². The molecule has 2 aromatic rings. The molecule has 2 fully saturated rings. The fraction of sp³-hybridized carbons (Fsp3) is 0.562. The number of benzene rings is 1. The SMILES string of the molecule is OC[C@@H]1CCCN1[C@H]1C[C@H](c2nc3ccc(Br)cc3s2)C1. The highest BCUT2D eigenvalue weighted by molar-refractivity contribution is 9.10. The summed E-state index contributed by atoms with van der Waals surface area (Å²) in [5.74, 6) is 0.617. The molecule has 2 aliphatic rings. The first-order valence-electron chi connectivity index (χ1n) is 7.67. The monoisotopic (exact) mass is 366 g/mol. The minimum atomic E-state index is 0.316. The van der Waals surface area contributed by atoms with E-state index in [1.54, 1.807) is 0 Å². The molecule has 1 saturated carbocycles. The minimum Gasteiger partial charge on any atom is -0.395 e. The van der Waals surface area contributed by atoms with Crippen LogP contribution in [0.15, 0.2) is 22.7 Å². The molecule has 0 amide bonds. The van der Waals surface area contributed by atoms with Gasteiger partial charge in [-0.1, -0.05) is 15.9 Å². The maximum Gasteiger partial charge on any atom is 0.0970 e. The Morgan fingerprint density at radius 3 is 3.05 bits per heavy atom. The highest BCUT2D eigenvalue weighted by Crippen LogP contribution is 2.44. The summed E-state index contributed by atoms with van der Waals surface area (Å²) in [7, 11) is 0. The lowest BCUT2D eigenvalue weighted by Crippen LogP contribution is -2.47. The largest absolute Gasteiger partial charge is 0.395 e. The van der Waals surface area contributed by atoms with Gasteiger partial charge >= 0.3 is 0 Å². The molecule has 0 bridgehead atoms. The highest BCUT2D eigenvalue weighted by Gasteiger charge is 2.40. The molecule has 1 aliphatic carbocycles. The van der Waals surface area contributed by atoms with E-state index in [0.717, 1.165) is 23.0 Å². The van der Waals surface area contributed by atoms with E-state index in [0.29, 0.717) is 24.6 Å². The van der Waals surface area contributed by atoms with Crippen LogP contribution in [0, 0.1) is 0 Å². The van der Waals surface area contributed by atoms with Crippen LogP contribution in [0.3, 0.4) is 0 Å². The number of fused-ring (bicyclic) bond motifs is 1. The second kappa shape index (κ2) is 5.61. The van der Waals surface area contributed by atoms with Crippen LogP contribution in [0.4, 0.5) is 0 Å². The molecule has 2 heterocycles. The van der Waals surface area contributed by atoms with Gasteiger partial charge in [0.05, 0.1) is 21.8 Å². The number of hydrogen-bond acceptors (Lipinski definition) is 4. The Morgan fingerprint density at radius 2 is 2.24 bits per heavy atom. The van der Waals surface area contributed by atoms with Crippen molar-refractivity contribution in [2.24, 2.45) is 0 Å². The van der Waals surface area contributed by atoms with Gasteiger partial charge in [0.2, 0.25) is 0 Å². The second-order valence-electron chi connectivity index (χ2n) is 6.20. The number of likely N-dealkylation sites (tertiary alicyclic amines) is 1. The van der Waals surface area contributed by atoms with Gasteiger partial charge in [-0.2, -0.15) is 0 Å². The first-order valence-corrected chi connectivity index (χ1v) is 9.28. The van der Waals surface area contributed by atoms with Gasteiger partial charge in [0.25, 0.3) is 0 Å². The van der Waals surface area contributed by atoms with E-state index in [2.05, 4.69) is 39.0 Å². The van der Waals surface area contributed by atoms with Gasteiger partial charge in [0, 0.05) is 22.5 Å². The molecule has 3 nitrogen and oxygen atoms in total. The Morgan fingerprint density at radius 1 is 1.38 bits per heavy atom. The molecule has 1 N–H and O–H groups in total. The molecule has 1 aromatic carbocycles. The van der Waals surface area contributed by atoms with Crippen LogP contribution in [-0.2, 0) is 0 Å². The van der Waals surface area contributed by atoms with Crippen molar-refractivity contribution in [3.63, 3.8) is 0 Å². The van der Waals surface area contributed by atoms with Crippen molar-refractivity contribution in [2.75, 3.05) is 13.2 Å². The van der Waals surface area contributed by atoms with Gasteiger partial charge in [-0.15, -0.1) is 11.3 Å². The fourth-order valence-corrected chi connectivity index (χ4v) is 5.33. The summed E-state index contributed by atoms with van der Waals surface area (Å²) >= 11 is 5.36. The van der Waals surface area contributed by atoms with E-state index in [9.17, 15) is 5.11 Å². The quantitative estimate of drug-likeness (QED) is 0.898. The summed E-state index contributed by atoms with van der Waals surface area (Å²) in [6.45, 7) is 1.48. The predicted octanol–water partition coefficient (Wildman–Crippen LogP) is 3.76. The molecular formula is C16H19BrN2OS. The Labute approximate surface area is 137 Å². The van der Waals surface area contributed by atoms with E-state index in [1.807, 2.05) is 11.3 Å². The third-order valence-electron chi connectivity index (χ3n) is 4.93. The zero-order valence-electron chi connectivity index (χ0n) is 11.8. The summed E-state index contributed by atoms with van der Waals surface area (Å²) in [6.07, 6.45) is 4.81. The Kier molecular flexibility index (Phi) is 3.78. The first-order chi connectivity index (χ1) is 10.2. The Bertz CT molecular complexity index is 653. The van der Waals surface area contributed by atoms with Crippen LogP contribution in [0.2, 0.25) is 0 Å². The van der Waals surface area contributed by atoms with Crippen molar-refractivity contribution in [1.29, 1.82) is 0 Å². The predicted molar refractivity (Wildman–Crippen MR) is 89.9 cm³/mol. The number of nitrogens with zero attached hydrogens (tertiary/aromatic N) is 2. The molecule has 5 heteroatoms. The number of aromatic nitrogens is 1. The Hall–Kier alpha value is -0.490. The molecule has 0 unspecified atom stereocenters. The third kappa shape index (κ3) is 2.54. The standard InChI is InChI=1S/C16H19BrN2OS/c17-11-3-4-14-15(8-11)21-16(18-14)10-6-13(7-10)19-5-1-2-12(19)9-20/h3-4,8,10,12-13,20H,1-2,5-7,9H2/t10-,12-,13-/m0/s1. The summed E-state index contributed by atoms with van der Waals surface area (Å²) in [5.41, 5.74) is 1.12. The van der Waals surface area contributed by atoms with Gasteiger partial charge in [-0.25, -0.2) is 4.98 Å². The molecule has 1 aromatic heterocycles. The highest BCUT2D eigenvalue weighted by atomic mass is 79.9. The number of thiazole rings is 1. The van der Waals surface area contributed by atoms with Crippen LogP contribution in [0.25, 0.3) is 10.2 Å². The van der Waals surface area contributed by atoms with E-state index in [1.165, 1.54) is 29.0 Å². The molecule has 21 heavy (non-hydrogen) atoms. The number of aliphatic hydroxyl groups is 1. The van der Waals surface area contributed by atoms with Crippen molar-refractivity contribution in [3.8, 4) is 0 Å². The van der Waals surface area contributed by atoms with Crippen molar-refractivity contribution >= 4 is 37.5 Å². The number of halogens is 1. The lowest BCUT2D eigenvalue weighted by atomic mass is 9.79. The van der Waals surface area contributed by atoms with Crippen LogP contribution < -0.4 is 0 Å². The van der Waals surface area contributed by atoms with Crippen molar-refractivity contribution in [3.05, 3.63) is 27.7 Å². The van der Waals surface area contributed by atoms with Gasteiger partial charge < -0.3 is 5.11 Å². The summed E-state index contributed by atoms with van der Waals surface area (Å²) in [5, 5.41) is 10.7. The zero-order chi connectivity index (χ0) is 14.4. The second-order valence-corrected chi connectivity index (χ2v) is 8.18. The number of rotatable bonds is 3. The maximum absolute atomic E-state index is 9.45. The first kappa shape index (κ1) is 14.1. The average molecular weight is 367 g/mol. The van der Waals surface area contributed by atoms with Crippen LogP contribution in [-0.4, -0.2) is 40.2 Å². The number of aliphatic hydroxyl groups excluding tert-OH is 1. The van der Waals surface area contributed by atoms with Gasteiger partial charge in [0.1, 0.15) is 0 Å². The molecule has 0 radical (unpaired) electrons. The fourth-order valence-electron chi connectivity index (χ4n) is 3.69. The van der Waals surface area contributed by atoms with E-state index < -0.39 is 0 Å². The normalized spacial score (nSPS) is 29.9. The van der Waals surface area contributed by atoms with Crippen LogP contribution in [0.1, 0.15) is 36.6 Å². The van der Waals surface area contributed by atoms with Crippen molar-refractivity contribution in [2.45, 2.75) is 43.7 Å². The average Bonchev–Trinajstić information content (AvgIpc) is 3.03. The third-order valence-corrected chi connectivity index (χ3v) is 6.61. The molecule has 112 valence electrons. The summed E-state index contributed by atoms with van der Waals surface area (Å²) in [6, 6.07) is 7.38. The van der Waals surface area contributed by atoms with E-state index in [4.69, 9.17) is 4.98 Å². The lowest BCUT2D eigenvalue weighted by Gasteiger charge is -2.42. The van der Waals surface area contributed by atoms with Crippen molar-refractivity contribution in [1.82, 2.24) is 9.88 Å². The van der Waals surface area contributed by atoms with Crippen LogP contribution in [0.5, 0.6) is 0 Å². The summed E-state index contributed by atoms with van der Waals surface area (Å²) < 4.78 is 2.40. The molecule has 1 atom stereocenters. The van der Waals surface area contributed by atoms with Crippen LogP contribution >= 0.6 is 27.3 Å². The molecule has 4 rings (SSSR count). The zero-order valence-corrected chi connectivity index (χ0v) is 14.2. The minimum absolute atomic E-state index is 0.316. The smallest absolute Gasteiger partial charge is 0.0970 e. The van der Waals surface area contributed by atoms with Gasteiger partial charge in [-0.05, 0) is 50.4 Å². The Balaban J connectivity index is 1.46. The molecule has 0 spiro atoms. The van der Waals surface area contributed by atoms with Gasteiger partial charge in [0.15, 0.2) is 0 Å². The van der Waals surface area contributed by atoms with E-state index >= 15 is 0 Å². The summed E-state index contributed by atoms with van der Waals surface area (Å²) in [4.78, 5) is 7.33. The molecule has 1 aliphatic heterocycles. The van der Waals surface area contributed by atoms with Gasteiger partial charge in [-0.3, -0.25) is 4.90 Å². The maximum atomic E-state index is 9.45. The van der Waals surface area contributed by atoms with E-state index in [-0.39, 0.29) is 0 Å². The molecule has 1 saturated heterocycles. The number of hydrogen-bond donors (Lipinski definition) is 1.